The molecule has 6 nitrogen and oxygen atoms in total. The molecule has 1 N–H and O–H groups in total. The lowest BCUT2D eigenvalue weighted by atomic mass is 10.1. The SMILES string of the molecule is CCn1c(=O)c(-c2ccc(C(=O)N[C@@H](C)c3ccccc3)cc2)nc2cccnc21. The van der Waals surface area contributed by atoms with Crippen molar-refractivity contribution in [2.45, 2.75) is 26.4 Å². The molecule has 0 radical (unpaired) electrons. The fraction of sp³-hybridized carbons (Fsp3) is 0.167. The standard InChI is InChI=1S/C24H22N4O2/c1-3-28-22-20(10-7-15-25-22)27-21(24(28)30)18-11-13-19(14-12-18)23(29)26-16(2)17-8-5-4-6-9-17/h4-16H,3H2,1-2H3,(H,26,29)/t16-/m0/s1. The van der Waals surface area contributed by atoms with Gasteiger partial charge in [0.05, 0.1) is 6.04 Å². The molecule has 0 aliphatic carbocycles. The van der Waals surface area contributed by atoms with Crippen molar-refractivity contribution < 1.29 is 4.79 Å². The van der Waals surface area contributed by atoms with Gasteiger partial charge in [0, 0.05) is 23.9 Å². The molecule has 1 amide bonds. The molecule has 2 aromatic heterocycles. The third kappa shape index (κ3) is 3.72. The van der Waals surface area contributed by atoms with Crippen molar-refractivity contribution in [3.8, 4) is 11.3 Å². The fourth-order valence-corrected chi connectivity index (χ4v) is 3.44. The highest BCUT2D eigenvalue weighted by Crippen LogP contribution is 2.18. The van der Waals surface area contributed by atoms with Crippen molar-refractivity contribution in [2.75, 3.05) is 0 Å². The summed E-state index contributed by atoms with van der Waals surface area (Å²) in [5.74, 6) is -0.167. The first-order chi connectivity index (χ1) is 14.6. The minimum absolute atomic E-state index is 0.107. The van der Waals surface area contributed by atoms with Gasteiger partial charge in [-0.15, -0.1) is 0 Å². The van der Waals surface area contributed by atoms with Gasteiger partial charge in [-0.1, -0.05) is 42.5 Å². The first kappa shape index (κ1) is 19.5. The Balaban J connectivity index is 1.62. The number of aromatic nitrogens is 3. The van der Waals surface area contributed by atoms with E-state index in [0.29, 0.717) is 34.5 Å². The maximum atomic E-state index is 12.9. The molecule has 4 rings (SSSR count). The van der Waals surface area contributed by atoms with Gasteiger partial charge in [0.15, 0.2) is 5.65 Å². The van der Waals surface area contributed by atoms with Crippen LogP contribution in [0.4, 0.5) is 0 Å². The van der Waals surface area contributed by atoms with Gasteiger partial charge in [-0.25, -0.2) is 9.97 Å². The predicted molar refractivity (Wildman–Crippen MR) is 117 cm³/mol. The Hall–Kier alpha value is -3.80. The second kappa shape index (κ2) is 8.29. The number of hydrogen-bond acceptors (Lipinski definition) is 4. The van der Waals surface area contributed by atoms with E-state index in [0.717, 1.165) is 5.56 Å². The van der Waals surface area contributed by atoms with Crippen LogP contribution in [0.1, 0.15) is 35.8 Å². The average Bonchev–Trinajstić information content (AvgIpc) is 2.79. The van der Waals surface area contributed by atoms with Crippen molar-refractivity contribution >= 4 is 17.1 Å². The average molecular weight is 398 g/mol. The molecule has 0 saturated heterocycles. The molecule has 1 atom stereocenters. The number of hydrogen-bond donors (Lipinski definition) is 1. The number of rotatable bonds is 5. The summed E-state index contributed by atoms with van der Waals surface area (Å²) < 4.78 is 1.61. The quantitative estimate of drug-likeness (QED) is 0.552. The smallest absolute Gasteiger partial charge is 0.278 e. The first-order valence-corrected chi connectivity index (χ1v) is 9.90. The van der Waals surface area contributed by atoms with Gasteiger partial charge in [0.2, 0.25) is 0 Å². The van der Waals surface area contributed by atoms with Crippen molar-refractivity contribution in [3.05, 3.63) is 94.4 Å². The second-order valence-electron chi connectivity index (χ2n) is 7.04. The highest BCUT2D eigenvalue weighted by atomic mass is 16.1. The van der Waals surface area contributed by atoms with Crippen LogP contribution in [0.15, 0.2) is 77.7 Å². The summed E-state index contributed by atoms with van der Waals surface area (Å²) in [6.07, 6.45) is 1.65. The van der Waals surface area contributed by atoms with Crippen molar-refractivity contribution in [3.63, 3.8) is 0 Å². The van der Waals surface area contributed by atoms with Crippen LogP contribution in [0, 0.1) is 0 Å². The third-order valence-electron chi connectivity index (χ3n) is 5.09. The summed E-state index contributed by atoms with van der Waals surface area (Å²) in [6, 6.07) is 20.3. The van der Waals surface area contributed by atoms with Crippen molar-refractivity contribution in [1.29, 1.82) is 0 Å². The fourth-order valence-electron chi connectivity index (χ4n) is 3.44. The minimum Gasteiger partial charge on any atom is -0.346 e. The Morgan fingerprint density at radius 3 is 2.47 bits per heavy atom. The lowest BCUT2D eigenvalue weighted by Gasteiger charge is -2.14. The molecule has 0 saturated carbocycles. The van der Waals surface area contributed by atoms with Gasteiger partial charge in [0.1, 0.15) is 11.2 Å². The highest BCUT2D eigenvalue weighted by molar-refractivity contribution is 5.95. The van der Waals surface area contributed by atoms with E-state index in [1.807, 2.05) is 50.2 Å². The van der Waals surface area contributed by atoms with Gasteiger partial charge < -0.3 is 5.32 Å². The van der Waals surface area contributed by atoms with E-state index >= 15 is 0 Å². The number of fused-ring (bicyclic) bond motifs is 1. The van der Waals surface area contributed by atoms with E-state index in [1.165, 1.54) is 0 Å². The van der Waals surface area contributed by atoms with E-state index in [9.17, 15) is 9.59 Å². The molecule has 0 aliphatic heterocycles. The van der Waals surface area contributed by atoms with E-state index in [-0.39, 0.29) is 17.5 Å². The number of nitrogens with one attached hydrogen (secondary N) is 1. The van der Waals surface area contributed by atoms with Gasteiger partial charge in [0.25, 0.3) is 11.5 Å². The van der Waals surface area contributed by atoms with Crippen molar-refractivity contribution in [1.82, 2.24) is 19.9 Å². The van der Waals surface area contributed by atoms with E-state index < -0.39 is 0 Å². The lowest BCUT2D eigenvalue weighted by Crippen LogP contribution is -2.26. The van der Waals surface area contributed by atoms with E-state index in [4.69, 9.17) is 0 Å². The highest BCUT2D eigenvalue weighted by Gasteiger charge is 2.15. The molecule has 2 aromatic carbocycles. The number of amides is 1. The summed E-state index contributed by atoms with van der Waals surface area (Å²) >= 11 is 0. The second-order valence-corrected chi connectivity index (χ2v) is 7.04. The van der Waals surface area contributed by atoms with E-state index in [2.05, 4.69) is 15.3 Å². The Kier molecular flexibility index (Phi) is 5.39. The summed E-state index contributed by atoms with van der Waals surface area (Å²) in [7, 11) is 0. The molecule has 6 heteroatoms. The van der Waals surface area contributed by atoms with Crippen LogP contribution in [0.2, 0.25) is 0 Å². The summed E-state index contributed by atoms with van der Waals surface area (Å²) in [4.78, 5) is 34.3. The van der Waals surface area contributed by atoms with Crippen LogP contribution in [0.3, 0.4) is 0 Å². The molecule has 0 bridgehead atoms. The Labute approximate surface area is 174 Å². The molecule has 0 unspecified atom stereocenters. The summed E-state index contributed by atoms with van der Waals surface area (Å²) in [6.45, 7) is 4.35. The molecule has 4 aromatic rings. The van der Waals surface area contributed by atoms with Gasteiger partial charge >= 0.3 is 0 Å². The molecular weight excluding hydrogens is 376 g/mol. The molecule has 0 fully saturated rings. The lowest BCUT2D eigenvalue weighted by molar-refractivity contribution is 0.0940. The van der Waals surface area contributed by atoms with Crippen LogP contribution in [-0.2, 0) is 6.54 Å². The first-order valence-electron chi connectivity index (χ1n) is 9.90. The van der Waals surface area contributed by atoms with Gasteiger partial charge in [-0.2, -0.15) is 0 Å². The van der Waals surface area contributed by atoms with Crippen LogP contribution in [0.25, 0.3) is 22.4 Å². The maximum Gasteiger partial charge on any atom is 0.278 e. The number of aryl methyl sites for hydroxylation is 1. The van der Waals surface area contributed by atoms with Crippen LogP contribution in [0.5, 0.6) is 0 Å². The largest absolute Gasteiger partial charge is 0.346 e. The third-order valence-corrected chi connectivity index (χ3v) is 5.09. The maximum absolute atomic E-state index is 12.9. The molecule has 0 aliphatic rings. The molecule has 0 spiro atoms. The van der Waals surface area contributed by atoms with Crippen LogP contribution < -0.4 is 10.9 Å². The van der Waals surface area contributed by atoms with Gasteiger partial charge in [-0.05, 0) is 43.7 Å². The molecule has 150 valence electrons. The van der Waals surface area contributed by atoms with E-state index in [1.54, 1.807) is 41.1 Å². The molecule has 2 heterocycles. The number of benzene rings is 2. The zero-order valence-electron chi connectivity index (χ0n) is 16.9. The topological polar surface area (TPSA) is 76.9 Å². The number of carbonyl (C=O) groups excluding carboxylic acids is 1. The minimum atomic E-state index is -0.196. The Morgan fingerprint density at radius 2 is 1.77 bits per heavy atom. The van der Waals surface area contributed by atoms with Crippen molar-refractivity contribution in [2.24, 2.45) is 0 Å². The number of nitrogens with zero attached hydrogens (tertiary/aromatic N) is 3. The number of carbonyl (C=O) groups is 1. The zero-order chi connectivity index (χ0) is 21.1. The predicted octanol–water partition coefficient (Wildman–Crippen LogP) is 3.97. The Morgan fingerprint density at radius 1 is 1.03 bits per heavy atom. The van der Waals surface area contributed by atoms with Crippen LogP contribution >= 0.6 is 0 Å². The summed E-state index contributed by atoms with van der Waals surface area (Å²) in [5.41, 5.74) is 3.62. The Bertz CT molecular complexity index is 1250. The summed E-state index contributed by atoms with van der Waals surface area (Å²) in [5, 5.41) is 3.00. The normalized spacial score (nSPS) is 11.9. The monoisotopic (exact) mass is 398 g/mol. The van der Waals surface area contributed by atoms with Gasteiger partial charge in [-0.3, -0.25) is 14.2 Å². The van der Waals surface area contributed by atoms with Crippen LogP contribution in [-0.4, -0.2) is 20.4 Å². The number of pyridine rings is 1. The molecular formula is C24H22N4O2. The molecule has 30 heavy (non-hydrogen) atoms. The zero-order valence-corrected chi connectivity index (χ0v) is 16.9.